The zero-order chi connectivity index (χ0) is 14.4. The van der Waals surface area contributed by atoms with Crippen molar-refractivity contribution < 1.29 is 18.9 Å². The van der Waals surface area contributed by atoms with Crippen molar-refractivity contribution in [3.8, 4) is 0 Å². The quantitative estimate of drug-likeness (QED) is 0.794. The lowest BCUT2D eigenvalue weighted by molar-refractivity contribution is -0.145. The zero-order valence-electron chi connectivity index (χ0n) is 11.6. The van der Waals surface area contributed by atoms with Crippen LogP contribution in [-0.2, 0) is 20.4 Å². The molecular formula is C13H23NO4S. The number of carbonyl (C=O) groups is 2. The normalized spacial score (nSPS) is 20.0. The second-order valence-electron chi connectivity index (χ2n) is 5.26. The summed E-state index contributed by atoms with van der Waals surface area (Å²) in [4.78, 5) is 24.4. The van der Waals surface area contributed by atoms with E-state index in [1.165, 1.54) is 0 Å². The maximum Gasteiger partial charge on any atom is 0.306 e. The lowest BCUT2D eigenvalue weighted by Gasteiger charge is -2.30. The van der Waals surface area contributed by atoms with Crippen molar-refractivity contribution >= 4 is 22.7 Å². The Hall–Kier alpha value is -0.910. The molecule has 1 fully saturated rings. The van der Waals surface area contributed by atoms with E-state index >= 15 is 0 Å². The number of likely N-dealkylation sites (tertiary alicyclic amines) is 1. The third-order valence-corrected chi connectivity index (χ3v) is 5.16. The Morgan fingerprint density at radius 2 is 1.95 bits per heavy atom. The maximum atomic E-state index is 11.9. The number of carboxylic acids is 1. The molecule has 6 heteroatoms. The van der Waals surface area contributed by atoms with Crippen molar-refractivity contribution in [3.05, 3.63) is 0 Å². The highest BCUT2D eigenvalue weighted by atomic mass is 32.2. The minimum atomic E-state index is -1.11. The van der Waals surface area contributed by atoms with Crippen molar-refractivity contribution in [1.29, 1.82) is 0 Å². The molecule has 2 atom stereocenters. The molecule has 5 nitrogen and oxygen atoms in total. The first-order valence-corrected chi connectivity index (χ1v) is 8.28. The Balaban J connectivity index is 2.35. The number of rotatable bonds is 6. The van der Waals surface area contributed by atoms with Gasteiger partial charge in [0.25, 0.3) is 0 Å². The molecule has 1 aliphatic heterocycles. The number of piperidine rings is 1. The summed E-state index contributed by atoms with van der Waals surface area (Å²) in [7, 11) is -1.11. The SMILES string of the molecule is CCC(C)CS(=O)CC(=O)N1CCC(C(=O)O)CC1. The van der Waals surface area contributed by atoms with Gasteiger partial charge >= 0.3 is 5.97 Å². The van der Waals surface area contributed by atoms with E-state index in [-0.39, 0.29) is 17.6 Å². The monoisotopic (exact) mass is 289 g/mol. The van der Waals surface area contributed by atoms with Gasteiger partial charge in [-0.05, 0) is 18.8 Å². The smallest absolute Gasteiger partial charge is 0.306 e. The van der Waals surface area contributed by atoms with Crippen molar-refractivity contribution in [2.75, 3.05) is 24.6 Å². The molecule has 0 radical (unpaired) electrons. The summed E-state index contributed by atoms with van der Waals surface area (Å²) >= 11 is 0. The molecule has 1 N–H and O–H groups in total. The molecule has 1 rings (SSSR count). The summed E-state index contributed by atoms with van der Waals surface area (Å²) in [6, 6.07) is 0. The molecule has 0 spiro atoms. The Labute approximate surface area is 116 Å². The number of carbonyl (C=O) groups excluding carboxylic acids is 1. The fourth-order valence-corrected chi connectivity index (χ4v) is 3.55. The molecular weight excluding hydrogens is 266 g/mol. The average molecular weight is 289 g/mol. The van der Waals surface area contributed by atoms with E-state index < -0.39 is 16.8 Å². The van der Waals surface area contributed by atoms with E-state index in [0.717, 1.165) is 6.42 Å². The highest BCUT2D eigenvalue weighted by Gasteiger charge is 2.27. The van der Waals surface area contributed by atoms with Crippen LogP contribution in [0.2, 0.25) is 0 Å². The van der Waals surface area contributed by atoms with Gasteiger partial charge in [0.2, 0.25) is 5.91 Å². The minimum Gasteiger partial charge on any atom is -0.481 e. The van der Waals surface area contributed by atoms with E-state index in [1.807, 2.05) is 13.8 Å². The number of amides is 1. The summed E-state index contributed by atoms with van der Waals surface area (Å²) in [5.74, 6) is -0.227. The van der Waals surface area contributed by atoms with Crippen molar-refractivity contribution in [3.63, 3.8) is 0 Å². The second-order valence-corrected chi connectivity index (χ2v) is 6.76. The first-order valence-electron chi connectivity index (χ1n) is 6.79. The largest absolute Gasteiger partial charge is 0.481 e. The van der Waals surface area contributed by atoms with E-state index in [9.17, 15) is 13.8 Å². The van der Waals surface area contributed by atoms with E-state index in [1.54, 1.807) is 4.90 Å². The fraction of sp³-hybridized carbons (Fsp3) is 0.846. The van der Waals surface area contributed by atoms with Crippen LogP contribution >= 0.6 is 0 Å². The first-order chi connectivity index (χ1) is 8.93. The van der Waals surface area contributed by atoms with Gasteiger partial charge in [-0.1, -0.05) is 20.3 Å². The number of hydrogen-bond donors (Lipinski definition) is 1. The van der Waals surface area contributed by atoms with Gasteiger partial charge in [0.05, 0.1) is 5.92 Å². The van der Waals surface area contributed by atoms with Gasteiger partial charge in [-0.2, -0.15) is 0 Å². The Bertz CT molecular complexity index is 351. The highest BCUT2D eigenvalue weighted by molar-refractivity contribution is 7.85. The van der Waals surface area contributed by atoms with Crippen LogP contribution in [0.5, 0.6) is 0 Å². The molecule has 0 aromatic carbocycles. The van der Waals surface area contributed by atoms with Crippen molar-refractivity contribution in [2.24, 2.45) is 11.8 Å². The summed E-state index contributed by atoms with van der Waals surface area (Å²) in [6.07, 6.45) is 1.96. The predicted molar refractivity (Wildman–Crippen MR) is 74.3 cm³/mol. The number of hydrogen-bond acceptors (Lipinski definition) is 3. The van der Waals surface area contributed by atoms with Gasteiger partial charge in [0.15, 0.2) is 0 Å². The maximum absolute atomic E-state index is 11.9. The molecule has 0 aromatic rings. The Kier molecular flexibility index (Phi) is 6.48. The number of aliphatic carboxylic acids is 1. The van der Waals surface area contributed by atoms with Gasteiger partial charge in [-0.25, -0.2) is 0 Å². The van der Waals surface area contributed by atoms with Crippen LogP contribution in [0.15, 0.2) is 0 Å². The van der Waals surface area contributed by atoms with Crippen LogP contribution < -0.4 is 0 Å². The predicted octanol–water partition coefficient (Wildman–Crippen LogP) is 1.10. The average Bonchev–Trinajstić information content (AvgIpc) is 2.38. The first kappa shape index (κ1) is 16.1. The Morgan fingerprint density at radius 3 is 2.42 bits per heavy atom. The van der Waals surface area contributed by atoms with E-state index in [0.29, 0.717) is 37.6 Å². The molecule has 1 saturated heterocycles. The molecule has 0 aromatic heterocycles. The van der Waals surface area contributed by atoms with Gasteiger partial charge in [0, 0.05) is 29.6 Å². The molecule has 0 aliphatic carbocycles. The van der Waals surface area contributed by atoms with Gasteiger partial charge in [-0.15, -0.1) is 0 Å². The van der Waals surface area contributed by atoms with Crippen LogP contribution in [0, 0.1) is 11.8 Å². The van der Waals surface area contributed by atoms with E-state index in [2.05, 4.69) is 0 Å². The van der Waals surface area contributed by atoms with Crippen LogP contribution in [0.1, 0.15) is 33.1 Å². The van der Waals surface area contributed by atoms with Crippen LogP contribution in [0.4, 0.5) is 0 Å². The molecule has 1 amide bonds. The lowest BCUT2D eigenvalue weighted by Crippen LogP contribution is -2.42. The third kappa shape index (κ3) is 5.30. The van der Waals surface area contributed by atoms with Crippen LogP contribution in [0.25, 0.3) is 0 Å². The molecule has 19 heavy (non-hydrogen) atoms. The summed E-state index contributed by atoms with van der Waals surface area (Å²) in [6.45, 7) is 5.01. The van der Waals surface area contributed by atoms with Crippen molar-refractivity contribution in [2.45, 2.75) is 33.1 Å². The lowest BCUT2D eigenvalue weighted by atomic mass is 9.97. The fourth-order valence-electron chi connectivity index (χ4n) is 2.10. The number of nitrogens with zero attached hydrogens (tertiary/aromatic N) is 1. The Morgan fingerprint density at radius 1 is 1.37 bits per heavy atom. The van der Waals surface area contributed by atoms with Crippen LogP contribution in [-0.4, -0.2) is 50.7 Å². The summed E-state index contributed by atoms with van der Waals surface area (Å²) in [5, 5.41) is 8.88. The van der Waals surface area contributed by atoms with Gasteiger partial charge < -0.3 is 10.0 Å². The van der Waals surface area contributed by atoms with Gasteiger partial charge in [0.1, 0.15) is 5.75 Å². The second kappa shape index (κ2) is 7.62. The number of carboxylic acid groups (broad SMARTS) is 1. The minimum absolute atomic E-state index is 0.0715. The summed E-state index contributed by atoms with van der Waals surface area (Å²) in [5.41, 5.74) is 0. The van der Waals surface area contributed by atoms with Crippen LogP contribution in [0.3, 0.4) is 0 Å². The molecule has 1 heterocycles. The third-order valence-electron chi connectivity index (χ3n) is 3.65. The zero-order valence-corrected chi connectivity index (χ0v) is 12.4. The summed E-state index contributed by atoms with van der Waals surface area (Å²) < 4.78 is 11.8. The standard InChI is InChI=1S/C13H23NO4S/c1-3-10(2)8-19(18)9-12(15)14-6-4-11(5-7-14)13(16)17/h10-11H,3-9H2,1-2H3,(H,16,17). The highest BCUT2D eigenvalue weighted by Crippen LogP contribution is 2.17. The molecule has 110 valence electrons. The molecule has 0 bridgehead atoms. The molecule has 2 unspecified atom stereocenters. The van der Waals surface area contributed by atoms with E-state index in [4.69, 9.17) is 5.11 Å². The van der Waals surface area contributed by atoms with Crippen molar-refractivity contribution in [1.82, 2.24) is 4.90 Å². The van der Waals surface area contributed by atoms with Gasteiger partial charge in [-0.3, -0.25) is 13.8 Å². The molecule has 0 saturated carbocycles. The topological polar surface area (TPSA) is 74.7 Å². The molecule has 1 aliphatic rings.